The molecule has 1 rings (SSSR count). The first kappa shape index (κ1) is 11.2. The Balaban J connectivity index is 2.69. The molecule has 0 aliphatic rings. The topological polar surface area (TPSA) is 12.0 Å². The van der Waals surface area contributed by atoms with Crippen molar-refractivity contribution in [3.63, 3.8) is 0 Å². The Morgan fingerprint density at radius 1 is 1.29 bits per heavy atom. The Kier molecular flexibility index (Phi) is 4.60. The van der Waals surface area contributed by atoms with Crippen LogP contribution >= 0.6 is 0 Å². The van der Waals surface area contributed by atoms with Crippen LogP contribution in [0.3, 0.4) is 0 Å². The molecule has 0 aliphatic carbocycles. The van der Waals surface area contributed by atoms with Crippen LogP contribution in [0.25, 0.3) is 0 Å². The second kappa shape index (κ2) is 5.76. The molecule has 0 fully saturated rings. The monoisotopic (exact) mass is 195 g/mol. The highest BCUT2D eigenvalue weighted by atomic mass is 19.1. The lowest BCUT2D eigenvalue weighted by atomic mass is 10.0. The van der Waals surface area contributed by atoms with Gasteiger partial charge < -0.3 is 5.32 Å². The summed E-state index contributed by atoms with van der Waals surface area (Å²) in [6.07, 6.45) is 0.741. The third kappa shape index (κ3) is 3.46. The molecule has 0 bridgehead atoms. The van der Waals surface area contributed by atoms with Gasteiger partial charge in [-0.15, -0.1) is 0 Å². The Bertz CT molecular complexity index is 271. The average molecular weight is 195 g/mol. The molecule has 2 heteroatoms. The van der Waals surface area contributed by atoms with E-state index in [9.17, 15) is 4.39 Å². The minimum atomic E-state index is -0.759. The molecule has 0 amide bonds. The second-order valence-electron chi connectivity index (χ2n) is 3.61. The van der Waals surface area contributed by atoms with Gasteiger partial charge in [0.1, 0.15) is 6.17 Å². The number of hydrogen-bond acceptors (Lipinski definition) is 1. The fraction of sp³-hybridized carbons (Fsp3) is 0.500. The van der Waals surface area contributed by atoms with E-state index in [4.69, 9.17) is 0 Å². The van der Waals surface area contributed by atoms with Crippen molar-refractivity contribution in [1.29, 1.82) is 0 Å². The van der Waals surface area contributed by atoms with E-state index in [2.05, 4.69) is 11.4 Å². The molecule has 1 N–H and O–H groups in total. The van der Waals surface area contributed by atoms with Gasteiger partial charge >= 0.3 is 0 Å². The lowest BCUT2D eigenvalue weighted by Crippen LogP contribution is -2.12. The van der Waals surface area contributed by atoms with Gasteiger partial charge in [-0.1, -0.05) is 24.3 Å². The molecule has 0 saturated carbocycles. The molecular formula is C12H18FN. The molecule has 0 spiro atoms. The van der Waals surface area contributed by atoms with Crippen molar-refractivity contribution in [2.45, 2.75) is 25.9 Å². The van der Waals surface area contributed by atoms with Crippen molar-refractivity contribution < 1.29 is 4.39 Å². The van der Waals surface area contributed by atoms with Crippen molar-refractivity contribution >= 4 is 0 Å². The number of hydrogen-bond donors (Lipinski definition) is 1. The van der Waals surface area contributed by atoms with Crippen molar-refractivity contribution in [3.8, 4) is 0 Å². The first-order valence-corrected chi connectivity index (χ1v) is 5.09. The van der Waals surface area contributed by atoms with E-state index in [0.717, 1.165) is 18.5 Å². The predicted octanol–water partition coefficient (Wildman–Crippen LogP) is 2.35. The van der Waals surface area contributed by atoms with E-state index in [1.165, 1.54) is 5.56 Å². The SMILES string of the molecule is CNCCc1ccccc1CC(C)F. The first-order chi connectivity index (χ1) is 6.74. The van der Waals surface area contributed by atoms with E-state index in [0.29, 0.717) is 6.42 Å². The van der Waals surface area contributed by atoms with Crippen LogP contribution < -0.4 is 5.32 Å². The Labute approximate surface area is 85.3 Å². The lowest BCUT2D eigenvalue weighted by molar-refractivity contribution is 0.359. The normalized spacial score (nSPS) is 12.8. The van der Waals surface area contributed by atoms with E-state index < -0.39 is 6.17 Å². The minimum absolute atomic E-state index is 0.528. The quantitative estimate of drug-likeness (QED) is 0.760. The zero-order valence-electron chi connectivity index (χ0n) is 8.89. The number of halogens is 1. The summed E-state index contributed by atoms with van der Waals surface area (Å²) in [5, 5.41) is 3.10. The molecule has 0 aliphatic heterocycles. The van der Waals surface area contributed by atoms with Gasteiger partial charge in [-0.3, -0.25) is 0 Å². The summed E-state index contributed by atoms with van der Waals surface area (Å²) in [6.45, 7) is 2.55. The van der Waals surface area contributed by atoms with Crippen molar-refractivity contribution in [3.05, 3.63) is 35.4 Å². The average Bonchev–Trinajstić information content (AvgIpc) is 2.16. The molecule has 1 aromatic carbocycles. The van der Waals surface area contributed by atoms with Crippen LogP contribution in [-0.2, 0) is 12.8 Å². The maximum absolute atomic E-state index is 12.9. The summed E-state index contributed by atoms with van der Waals surface area (Å²) in [6, 6.07) is 8.08. The smallest absolute Gasteiger partial charge is 0.101 e. The number of likely N-dealkylation sites (N-methyl/N-ethyl adjacent to an activating group) is 1. The first-order valence-electron chi connectivity index (χ1n) is 5.09. The van der Waals surface area contributed by atoms with Gasteiger partial charge in [0.25, 0.3) is 0 Å². The van der Waals surface area contributed by atoms with E-state index in [1.807, 2.05) is 25.2 Å². The molecule has 14 heavy (non-hydrogen) atoms. The van der Waals surface area contributed by atoms with Crippen molar-refractivity contribution in [1.82, 2.24) is 5.32 Å². The highest BCUT2D eigenvalue weighted by Crippen LogP contribution is 2.12. The Morgan fingerprint density at radius 2 is 1.93 bits per heavy atom. The van der Waals surface area contributed by atoms with Gasteiger partial charge in [0, 0.05) is 6.42 Å². The molecule has 0 saturated heterocycles. The maximum Gasteiger partial charge on any atom is 0.101 e. The summed E-state index contributed by atoms with van der Waals surface area (Å²) in [5.41, 5.74) is 2.39. The van der Waals surface area contributed by atoms with Crippen molar-refractivity contribution in [2.75, 3.05) is 13.6 Å². The summed E-state index contributed by atoms with van der Waals surface area (Å²) in [4.78, 5) is 0. The van der Waals surface area contributed by atoms with Crippen LogP contribution in [0.4, 0.5) is 4.39 Å². The van der Waals surface area contributed by atoms with Crippen LogP contribution in [0, 0.1) is 0 Å². The molecule has 0 aromatic heterocycles. The zero-order chi connectivity index (χ0) is 10.4. The third-order valence-electron chi connectivity index (χ3n) is 2.26. The van der Waals surface area contributed by atoms with Gasteiger partial charge in [-0.25, -0.2) is 4.39 Å². The largest absolute Gasteiger partial charge is 0.319 e. The van der Waals surface area contributed by atoms with Gasteiger partial charge in [0.2, 0.25) is 0 Å². The van der Waals surface area contributed by atoms with Gasteiger partial charge in [0.05, 0.1) is 0 Å². The van der Waals surface area contributed by atoms with E-state index >= 15 is 0 Å². The second-order valence-corrected chi connectivity index (χ2v) is 3.61. The molecule has 0 heterocycles. The van der Waals surface area contributed by atoms with Crippen molar-refractivity contribution in [2.24, 2.45) is 0 Å². The molecule has 1 nitrogen and oxygen atoms in total. The number of nitrogens with one attached hydrogen (secondary N) is 1. The molecular weight excluding hydrogens is 177 g/mol. The number of alkyl halides is 1. The molecule has 1 unspecified atom stereocenters. The Morgan fingerprint density at radius 3 is 2.50 bits per heavy atom. The van der Waals surface area contributed by atoms with E-state index in [1.54, 1.807) is 6.92 Å². The predicted molar refractivity (Wildman–Crippen MR) is 58.3 cm³/mol. The third-order valence-corrected chi connectivity index (χ3v) is 2.26. The fourth-order valence-corrected chi connectivity index (χ4v) is 1.56. The van der Waals surface area contributed by atoms with Gasteiger partial charge in [0.15, 0.2) is 0 Å². The van der Waals surface area contributed by atoms with Gasteiger partial charge in [-0.2, -0.15) is 0 Å². The highest BCUT2D eigenvalue weighted by Gasteiger charge is 2.05. The minimum Gasteiger partial charge on any atom is -0.319 e. The maximum atomic E-state index is 12.9. The van der Waals surface area contributed by atoms with Crippen LogP contribution in [0.1, 0.15) is 18.1 Å². The standard InChI is InChI=1S/C12H18FN/c1-10(13)9-12-6-4-3-5-11(12)7-8-14-2/h3-6,10,14H,7-9H2,1-2H3. The zero-order valence-corrected chi connectivity index (χ0v) is 8.89. The summed E-state index contributed by atoms with van der Waals surface area (Å²) >= 11 is 0. The molecule has 1 aromatic rings. The molecule has 0 radical (unpaired) electrons. The highest BCUT2D eigenvalue weighted by molar-refractivity contribution is 5.27. The summed E-state index contributed by atoms with van der Waals surface area (Å²) in [5.74, 6) is 0. The molecule has 78 valence electrons. The van der Waals surface area contributed by atoms with E-state index in [-0.39, 0.29) is 0 Å². The number of benzene rings is 1. The van der Waals surface area contributed by atoms with Crippen LogP contribution in [0.5, 0.6) is 0 Å². The lowest BCUT2D eigenvalue weighted by Gasteiger charge is -2.09. The molecule has 1 atom stereocenters. The Hall–Kier alpha value is -0.890. The summed E-state index contributed by atoms with van der Waals surface area (Å²) < 4.78 is 12.9. The number of rotatable bonds is 5. The van der Waals surface area contributed by atoms with Gasteiger partial charge in [-0.05, 0) is 38.1 Å². The van der Waals surface area contributed by atoms with Crippen LogP contribution in [0.2, 0.25) is 0 Å². The summed E-state index contributed by atoms with van der Waals surface area (Å²) in [7, 11) is 1.93. The fourth-order valence-electron chi connectivity index (χ4n) is 1.56. The van der Waals surface area contributed by atoms with Crippen LogP contribution in [0.15, 0.2) is 24.3 Å². The van der Waals surface area contributed by atoms with Crippen LogP contribution in [-0.4, -0.2) is 19.8 Å².